The first kappa shape index (κ1) is 20.4. The van der Waals surface area contributed by atoms with Crippen molar-refractivity contribution in [2.45, 2.75) is 43.9 Å². The highest BCUT2D eigenvalue weighted by Crippen LogP contribution is 2.47. The molecule has 28 heavy (non-hydrogen) atoms. The van der Waals surface area contributed by atoms with Gasteiger partial charge in [-0.05, 0) is 44.3 Å². The minimum absolute atomic E-state index is 0. The van der Waals surface area contributed by atoms with Gasteiger partial charge in [-0.1, -0.05) is 30.3 Å². The van der Waals surface area contributed by atoms with Crippen LogP contribution in [-0.2, 0) is 4.74 Å². The van der Waals surface area contributed by atoms with Crippen molar-refractivity contribution in [2.24, 2.45) is 16.8 Å². The predicted molar refractivity (Wildman–Crippen MR) is 123 cm³/mol. The van der Waals surface area contributed by atoms with Gasteiger partial charge in [-0.15, -0.1) is 24.0 Å². The van der Waals surface area contributed by atoms with E-state index in [1.54, 1.807) is 0 Å². The van der Waals surface area contributed by atoms with Gasteiger partial charge in [0.1, 0.15) is 0 Å². The van der Waals surface area contributed by atoms with Gasteiger partial charge in [0.15, 0.2) is 5.96 Å². The third-order valence-corrected chi connectivity index (χ3v) is 7.18. The Bertz CT molecular complexity index is 660. The molecule has 0 aromatic heterocycles. The molecule has 5 nitrogen and oxygen atoms in total. The highest BCUT2D eigenvalue weighted by atomic mass is 127. The first-order chi connectivity index (χ1) is 13.3. The van der Waals surface area contributed by atoms with Gasteiger partial charge < -0.3 is 15.0 Å². The summed E-state index contributed by atoms with van der Waals surface area (Å²) in [5, 5.41) is 3.72. The van der Waals surface area contributed by atoms with Crippen molar-refractivity contribution in [2.75, 3.05) is 39.8 Å². The fourth-order valence-electron chi connectivity index (χ4n) is 5.84. The van der Waals surface area contributed by atoms with E-state index in [0.717, 1.165) is 25.6 Å². The molecule has 4 fully saturated rings. The Morgan fingerprint density at radius 1 is 1.11 bits per heavy atom. The number of fused-ring (bicyclic) bond motifs is 5. The number of nitrogens with one attached hydrogen (secondary N) is 1. The smallest absolute Gasteiger partial charge is 0.193 e. The first-order valence-corrected chi connectivity index (χ1v) is 10.7. The quantitative estimate of drug-likeness (QED) is 0.395. The maximum atomic E-state index is 6.13. The average molecular weight is 496 g/mol. The SMILES string of the molecule is CN=C(NCC(c1ccccc1)N1CCCC1)N1CC2C3CCC(O3)C2C1.I. The summed E-state index contributed by atoms with van der Waals surface area (Å²) in [6.07, 6.45) is 6.16. The lowest BCUT2D eigenvalue weighted by atomic mass is 9.82. The van der Waals surface area contributed by atoms with E-state index < -0.39 is 0 Å². The van der Waals surface area contributed by atoms with Crippen LogP contribution in [0.3, 0.4) is 0 Å². The van der Waals surface area contributed by atoms with Crippen LogP contribution in [0.1, 0.15) is 37.3 Å². The number of hydrogen-bond acceptors (Lipinski definition) is 3. The van der Waals surface area contributed by atoms with Gasteiger partial charge in [0.2, 0.25) is 0 Å². The van der Waals surface area contributed by atoms with Crippen LogP contribution >= 0.6 is 24.0 Å². The summed E-state index contributed by atoms with van der Waals surface area (Å²) in [6.45, 7) is 5.53. The molecule has 5 atom stereocenters. The Balaban J connectivity index is 0.00000192. The standard InChI is InChI=1S/C22H32N4O.HI/c1-23-22(26-14-17-18(15-26)21-10-9-20(17)27-21)24-13-19(25-11-5-6-12-25)16-7-3-2-4-8-16;/h2-4,7-8,17-21H,5-6,9-15H2,1H3,(H,23,24);1H. The topological polar surface area (TPSA) is 40.1 Å². The number of guanidine groups is 1. The van der Waals surface area contributed by atoms with E-state index in [9.17, 15) is 0 Å². The largest absolute Gasteiger partial charge is 0.374 e. The summed E-state index contributed by atoms with van der Waals surface area (Å²) in [5.41, 5.74) is 1.41. The van der Waals surface area contributed by atoms with Gasteiger partial charge in [0.25, 0.3) is 0 Å². The van der Waals surface area contributed by atoms with Gasteiger partial charge in [-0.3, -0.25) is 9.89 Å². The van der Waals surface area contributed by atoms with Crippen LogP contribution in [0.25, 0.3) is 0 Å². The van der Waals surface area contributed by atoms with E-state index in [4.69, 9.17) is 4.74 Å². The minimum Gasteiger partial charge on any atom is -0.374 e. The molecule has 0 radical (unpaired) electrons. The molecule has 4 saturated heterocycles. The van der Waals surface area contributed by atoms with Crippen molar-refractivity contribution >= 4 is 29.9 Å². The van der Waals surface area contributed by atoms with Crippen LogP contribution in [-0.4, -0.2) is 67.7 Å². The molecule has 0 spiro atoms. The van der Waals surface area contributed by atoms with Crippen LogP contribution in [0.2, 0.25) is 0 Å². The predicted octanol–water partition coefficient (Wildman–Crippen LogP) is 3.13. The van der Waals surface area contributed by atoms with E-state index in [-0.39, 0.29) is 24.0 Å². The molecule has 0 saturated carbocycles. The van der Waals surface area contributed by atoms with Crippen LogP contribution in [0.4, 0.5) is 0 Å². The third kappa shape index (κ3) is 3.79. The maximum Gasteiger partial charge on any atom is 0.193 e. The van der Waals surface area contributed by atoms with Crippen LogP contribution in [0, 0.1) is 11.8 Å². The fraction of sp³-hybridized carbons (Fsp3) is 0.682. The summed E-state index contributed by atoms with van der Waals surface area (Å²) < 4.78 is 6.13. The van der Waals surface area contributed by atoms with Crippen LogP contribution < -0.4 is 5.32 Å². The van der Waals surface area contributed by atoms with Crippen molar-refractivity contribution in [3.05, 3.63) is 35.9 Å². The molecule has 0 aliphatic carbocycles. The van der Waals surface area contributed by atoms with Gasteiger partial charge in [0, 0.05) is 38.5 Å². The molecule has 1 aromatic rings. The molecular formula is C22H33IN4O. The summed E-state index contributed by atoms with van der Waals surface area (Å²) in [4.78, 5) is 9.74. The number of halogens is 1. The third-order valence-electron chi connectivity index (χ3n) is 7.18. The van der Waals surface area contributed by atoms with E-state index in [0.29, 0.717) is 30.1 Å². The summed E-state index contributed by atoms with van der Waals surface area (Å²) in [7, 11) is 1.93. The number of benzene rings is 1. The first-order valence-electron chi connectivity index (χ1n) is 10.7. The number of likely N-dealkylation sites (tertiary alicyclic amines) is 2. The summed E-state index contributed by atoms with van der Waals surface area (Å²) in [5.74, 6) is 2.50. The molecule has 2 bridgehead atoms. The second-order valence-corrected chi connectivity index (χ2v) is 8.62. The van der Waals surface area contributed by atoms with Gasteiger partial charge >= 0.3 is 0 Å². The molecule has 1 N–H and O–H groups in total. The Morgan fingerprint density at radius 2 is 1.75 bits per heavy atom. The zero-order chi connectivity index (χ0) is 18.2. The zero-order valence-corrected chi connectivity index (χ0v) is 19.1. The van der Waals surface area contributed by atoms with Crippen molar-refractivity contribution in [3.8, 4) is 0 Å². The minimum atomic E-state index is 0. The highest BCUT2D eigenvalue weighted by Gasteiger charge is 2.53. The second-order valence-electron chi connectivity index (χ2n) is 8.62. The Kier molecular flexibility index (Phi) is 6.47. The molecule has 4 aliphatic heterocycles. The molecule has 6 heteroatoms. The molecule has 4 aliphatic rings. The summed E-state index contributed by atoms with van der Waals surface area (Å²) in [6, 6.07) is 11.4. The number of ether oxygens (including phenoxy) is 1. The second kappa shape index (κ2) is 8.88. The number of nitrogens with zero attached hydrogens (tertiary/aromatic N) is 3. The monoisotopic (exact) mass is 496 g/mol. The Hall–Kier alpha value is -0.860. The molecule has 1 aromatic carbocycles. The number of aliphatic imine (C=N–C) groups is 1. The number of hydrogen-bond donors (Lipinski definition) is 1. The lowest BCUT2D eigenvalue weighted by Gasteiger charge is -2.30. The van der Waals surface area contributed by atoms with E-state index in [1.165, 1.54) is 44.3 Å². The van der Waals surface area contributed by atoms with E-state index in [2.05, 4.69) is 50.4 Å². The molecule has 4 heterocycles. The number of rotatable bonds is 4. The highest BCUT2D eigenvalue weighted by molar-refractivity contribution is 14.0. The van der Waals surface area contributed by atoms with E-state index >= 15 is 0 Å². The lowest BCUT2D eigenvalue weighted by molar-refractivity contribution is 0.0766. The van der Waals surface area contributed by atoms with E-state index in [1.807, 2.05) is 7.05 Å². The average Bonchev–Trinajstić information content (AvgIpc) is 3.48. The summed E-state index contributed by atoms with van der Waals surface area (Å²) >= 11 is 0. The molecule has 5 rings (SSSR count). The van der Waals surface area contributed by atoms with Crippen molar-refractivity contribution < 1.29 is 4.74 Å². The maximum absolute atomic E-state index is 6.13. The van der Waals surface area contributed by atoms with Gasteiger partial charge in [-0.2, -0.15) is 0 Å². The molecule has 5 unspecified atom stereocenters. The van der Waals surface area contributed by atoms with Crippen molar-refractivity contribution in [1.82, 2.24) is 15.1 Å². The Labute approximate surface area is 185 Å². The molecule has 0 amide bonds. The molecular weight excluding hydrogens is 463 g/mol. The normalized spacial score (nSPS) is 33.0. The van der Waals surface area contributed by atoms with Crippen molar-refractivity contribution in [1.29, 1.82) is 0 Å². The van der Waals surface area contributed by atoms with Crippen LogP contribution in [0.5, 0.6) is 0 Å². The molecule has 154 valence electrons. The fourth-order valence-corrected chi connectivity index (χ4v) is 5.84. The van der Waals surface area contributed by atoms with Gasteiger partial charge in [-0.25, -0.2) is 0 Å². The Morgan fingerprint density at radius 3 is 2.36 bits per heavy atom. The van der Waals surface area contributed by atoms with Crippen LogP contribution in [0.15, 0.2) is 35.3 Å². The van der Waals surface area contributed by atoms with Gasteiger partial charge in [0.05, 0.1) is 18.2 Å². The zero-order valence-electron chi connectivity index (χ0n) is 16.8. The lowest BCUT2D eigenvalue weighted by Crippen LogP contribution is -2.45. The van der Waals surface area contributed by atoms with Crippen molar-refractivity contribution in [3.63, 3.8) is 0 Å².